The lowest BCUT2D eigenvalue weighted by atomic mass is 9.95. The van der Waals surface area contributed by atoms with Gasteiger partial charge in [-0.1, -0.05) is 358 Å². The number of hydrogen-bond donors (Lipinski definition) is 0. The van der Waals surface area contributed by atoms with Gasteiger partial charge in [0.25, 0.3) is 0 Å². The van der Waals surface area contributed by atoms with Gasteiger partial charge >= 0.3 is 0 Å². The molecule has 0 unspecified atom stereocenters. The number of benzene rings is 20. The molecule has 0 spiro atoms. The third kappa shape index (κ3) is 14.4. The lowest BCUT2D eigenvalue weighted by Gasteiger charge is -2.15. The molecule has 10 aromatic heterocycles. The molecule has 0 bridgehead atoms. The maximum absolute atomic E-state index is 6.35. The minimum absolute atomic E-state index is 0.638. The Labute approximate surface area is 832 Å². The van der Waals surface area contributed by atoms with Crippen molar-refractivity contribution in [1.29, 1.82) is 0 Å². The van der Waals surface area contributed by atoms with Crippen molar-refractivity contribution in [3.05, 3.63) is 510 Å². The molecule has 0 saturated carbocycles. The van der Waals surface area contributed by atoms with E-state index < -0.39 is 0 Å². The molecule has 0 aliphatic carbocycles. The van der Waals surface area contributed by atoms with Crippen molar-refractivity contribution in [3.8, 4) is 124 Å². The van der Waals surface area contributed by atoms with Gasteiger partial charge < -0.3 is 27.0 Å². The molecule has 0 atom stereocenters. The fourth-order valence-electron chi connectivity index (χ4n) is 22.0. The maximum atomic E-state index is 6.35. The number of para-hydroxylation sites is 11. The highest BCUT2D eigenvalue weighted by Crippen LogP contribution is 2.48. The van der Waals surface area contributed by atoms with Crippen LogP contribution in [0.3, 0.4) is 0 Å². The zero-order valence-corrected chi connectivity index (χ0v) is 78.3. The van der Waals surface area contributed by atoms with E-state index in [1.54, 1.807) is 0 Å². The second-order valence-electron chi connectivity index (χ2n) is 37.0. The van der Waals surface area contributed by atoms with Crippen LogP contribution in [0.25, 0.3) is 277 Å². The van der Waals surface area contributed by atoms with Crippen LogP contribution in [0.2, 0.25) is 0 Å². The Morgan fingerprint density at radius 2 is 0.497 bits per heavy atom. The Bertz CT molecular complexity index is 10300. The van der Waals surface area contributed by atoms with Gasteiger partial charge in [-0.25, -0.2) is 19.9 Å². The molecule has 30 aromatic rings. The number of fused-ring (bicyclic) bond motifs is 21. The van der Waals surface area contributed by atoms with Crippen LogP contribution in [-0.4, -0.2) is 38.2 Å². The molecular formula is C134H84N8O3. The summed E-state index contributed by atoms with van der Waals surface area (Å²) in [7, 11) is 0. The van der Waals surface area contributed by atoms with E-state index in [0.717, 1.165) is 195 Å². The fourth-order valence-corrected chi connectivity index (χ4v) is 22.0. The minimum Gasteiger partial charge on any atom is -0.456 e. The van der Waals surface area contributed by atoms with Gasteiger partial charge in [0.1, 0.15) is 39.3 Å². The van der Waals surface area contributed by atoms with E-state index in [4.69, 9.17) is 33.2 Å². The van der Waals surface area contributed by atoms with Crippen LogP contribution in [0, 0.1) is 0 Å². The summed E-state index contributed by atoms with van der Waals surface area (Å²) < 4.78 is 28.2. The molecule has 0 aliphatic heterocycles. The largest absolute Gasteiger partial charge is 0.456 e. The van der Waals surface area contributed by atoms with E-state index in [1.807, 2.05) is 66.7 Å². The maximum Gasteiger partial charge on any atom is 0.162 e. The molecular weight excluding hydrogens is 1770 g/mol. The van der Waals surface area contributed by atoms with Crippen LogP contribution >= 0.6 is 0 Å². The van der Waals surface area contributed by atoms with Crippen LogP contribution in [-0.2, 0) is 0 Å². The van der Waals surface area contributed by atoms with Crippen molar-refractivity contribution in [2.75, 3.05) is 0 Å². The monoisotopic (exact) mass is 1850 g/mol. The number of rotatable bonds is 13. The summed E-state index contributed by atoms with van der Waals surface area (Å²) in [5.41, 5.74) is 35.4. The van der Waals surface area contributed by atoms with Gasteiger partial charge in [0, 0.05) is 132 Å². The predicted molar refractivity (Wildman–Crippen MR) is 599 cm³/mol. The van der Waals surface area contributed by atoms with Crippen molar-refractivity contribution in [2.45, 2.75) is 0 Å². The smallest absolute Gasteiger partial charge is 0.162 e. The van der Waals surface area contributed by atoms with Crippen molar-refractivity contribution in [3.63, 3.8) is 0 Å². The summed E-state index contributed by atoms with van der Waals surface area (Å²) in [6.45, 7) is 0. The molecule has 0 amide bonds. The summed E-state index contributed by atoms with van der Waals surface area (Å²) in [6, 6.07) is 179. The minimum atomic E-state index is 0.638. The average Bonchev–Trinajstić information content (AvgIpc) is 1.55. The second kappa shape index (κ2) is 34.8. The molecule has 0 saturated heterocycles. The van der Waals surface area contributed by atoms with Crippen molar-refractivity contribution < 1.29 is 13.3 Å². The van der Waals surface area contributed by atoms with Gasteiger partial charge in [-0.3, -0.25) is 4.57 Å². The van der Waals surface area contributed by atoms with Crippen molar-refractivity contribution in [1.82, 2.24) is 38.2 Å². The highest BCUT2D eigenvalue weighted by atomic mass is 16.3. The highest BCUT2D eigenvalue weighted by Gasteiger charge is 2.27. The first kappa shape index (κ1) is 83.5. The third-order valence-corrected chi connectivity index (χ3v) is 28.5. The van der Waals surface area contributed by atoms with Gasteiger partial charge in [-0.05, 0) is 173 Å². The molecule has 678 valence electrons. The van der Waals surface area contributed by atoms with E-state index in [1.165, 1.54) is 76.5 Å². The summed E-state index contributed by atoms with van der Waals surface area (Å²) in [6.07, 6.45) is 0. The lowest BCUT2D eigenvalue weighted by molar-refractivity contribution is 0.668. The van der Waals surface area contributed by atoms with Crippen LogP contribution in [0.15, 0.2) is 523 Å². The molecule has 0 N–H and O–H groups in total. The summed E-state index contributed by atoms with van der Waals surface area (Å²) >= 11 is 0. The summed E-state index contributed by atoms with van der Waals surface area (Å²) in [5, 5.41) is 16.1. The van der Waals surface area contributed by atoms with Gasteiger partial charge in [0.15, 0.2) is 5.82 Å². The van der Waals surface area contributed by atoms with Gasteiger partial charge in [0.05, 0.1) is 78.3 Å². The summed E-state index contributed by atoms with van der Waals surface area (Å²) in [5.74, 6) is 1.43. The Hall–Kier alpha value is -19.6. The Balaban J connectivity index is 0.000000108. The van der Waals surface area contributed by atoms with E-state index >= 15 is 0 Å². The van der Waals surface area contributed by atoms with E-state index in [0.29, 0.717) is 5.82 Å². The van der Waals surface area contributed by atoms with Gasteiger partial charge in [-0.2, -0.15) is 0 Å². The van der Waals surface area contributed by atoms with Crippen LogP contribution in [0.4, 0.5) is 0 Å². The average molecular weight is 1850 g/mol. The first-order valence-corrected chi connectivity index (χ1v) is 49.0. The van der Waals surface area contributed by atoms with Crippen LogP contribution in [0.5, 0.6) is 0 Å². The quantitative estimate of drug-likeness (QED) is 0.113. The standard InChI is InChI=1S/C52H32N4O.C47H30N2O.C35H22N2O/c1-3-14-33(15-4-1)34-26-28-35(29-27-34)43-32-50(54-52(53-43)40-21-13-25-49-51(40)39-20-9-12-24-48(39)57-49)56-45-23-11-8-19-38(45)42-30-46-41(31-47(42)56)37-18-7-10-22-44(37)55(46)36-16-5-2-6-17-36;1-3-14-31(15-4-1)32-16-11-17-33(28-32)41-29-34(30-42(48-41)39-24-13-27-45-46(39)40-21-8-10-26-44(40)50-45)36-22-12-23-38-37-20-7-9-25-43(37)49(47(36)38)35-18-5-2-6-19-35;1-2-10-23(11-3-1)30-21-25(37-32-15-7-4-12-26(32)27-13-5-8-16-33(27)37)22-31(36-30)24-18-19-35-29(20-24)28-14-6-9-17-34(28)38-35/h1-32H;1-30H;1-22H. The van der Waals surface area contributed by atoms with E-state index in [-0.39, 0.29) is 0 Å². The van der Waals surface area contributed by atoms with Gasteiger partial charge in [0.2, 0.25) is 0 Å². The number of hydrogen-bond acceptors (Lipinski definition) is 7. The van der Waals surface area contributed by atoms with Crippen LogP contribution in [0.1, 0.15) is 0 Å². The molecule has 10 heterocycles. The van der Waals surface area contributed by atoms with Crippen LogP contribution < -0.4 is 0 Å². The Morgan fingerprint density at radius 3 is 1.10 bits per heavy atom. The molecule has 11 nitrogen and oxygen atoms in total. The first-order valence-electron chi connectivity index (χ1n) is 49.0. The fraction of sp³-hybridized carbons (Fsp3) is 0. The number of furan rings is 3. The Morgan fingerprint density at radius 1 is 0.152 bits per heavy atom. The summed E-state index contributed by atoms with van der Waals surface area (Å²) in [4.78, 5) is 21.4. The zero-order chi connectivity index (χ0) is 95.5. The second-order valence-corrected chi connectivity index (χ2v) is 37.0. The van der Waals surface area contributed by atoms with Crippen molar-refractivity contribution in [2.24, 2.45) is 0 Å². The molecule has 0 fully saturated rings. The first-order chi connectivity index (χ1) is 71.9. The Kier molecular flexibility index (Phi) is 20.0. The van der Waals surface area contributed by atoms with Gasteiger partial charge in [-0.15, -0.1) is 0 Å². The van der Waals surface area contributed by atoms with E-state index in [2.05, 4.69) is 461 Å². The molecule has 0 aliphatic rings. The normalized spacial score (nSPS) is 11.7. The number of nitrogens with zero attached hydrogens (tertiary/aromatic N) is 8. The highest BCUT2D eigenvalue weighted by molar-refractivity contribution is 6.21. The molecule has 11 heteroatoms. The molecule has 30 rings (SSSR count). The molecule has 145 heavy (non-hydrogen) atoms. The number of aromatic nitrogens is 8. The van der Waals surface area contributed by atoms with Crippen molar-refractivity contribution >= 4 is 153 Å². The predicted octanol–water partition coefficient (Wildman–Crippen LogP) is 35.7. The number of pyridine rings is 2. The lowest BCUT2D eigenvalue weighted by Crippen LogP contribution is -2.02. The SMILES string of the molecule is c1ccc(-c2cc(-n3c4ccccc4c4ccccc43)cc(-c3ccc4oc5ccccc5c4c3)n2)cc1.c1ccc(-c2ccc(-c3cc(-n4c5ccccc5c5cc6c(cc54)c4ccccc4n6-c4ccccc4)nc(-c4cccc5oc6ccccc6c45)n3)cc2)cc1.c1ccc(-c2cccc(-c3cc(-c4cccc5c6ccccc6n(-c6ccccc6)c45)cc(-c4cccc5oc6ccccc6c45)n3)c2)cc1. The molecule has 0 radical (unpaired) electrons. The zero-order valence-electron chi connectivity index (χ0n) is 78.3. The van der Waals surface area contributed by atoms with E-state index in [9.17, 15) is 0 Å². The molecule has 20 aromatic carbocycles. The topological polar surface area (TPSA) is 111 Å². The third-order valence-electron chi connectivity index (χ3n) is 28.5.